The first-order valence-electron chi connectivity index (χ1n) is 7.85. The highest BCUT2D eigenvalue weighted by atomic mass is 35.5. The average molecular weight is 312 g/mol. The highest BCUT2D eigenvalue weighted by molar-refractivity contribution is 6.31. The van der Waals surface area contributed by atoms with Crippen LogP contribution in [0, 0.1) is 0 Å². The van der Waals surface area contributed by atoms with E-state index in [1.54, 1.807) is 0 Å². The fraction of sp³-hybridized carbons (Fsp3) is 0.647. The number of likely N-dealkylation sites (N-methyl/N-ethyl adjacent to an activating group) is 1. The van der Waals surface area contributed by atoms with E-state index in [0.717, 1.165) is 43.2 Å². The molecule has 0 unspecified atom stereocenters. The average Bonchev–Trinajstić information content (AvgIpc) is 2.41. The first kappa shape index (κ1) is 18.3. The predicted octanol–water partition coefficient (Wildman–Crippen LogP) is 3.62. The maximum absolute atomic E-state index is 6.44. The number of nitrogens with zero attached hydrogens (tertiary/aromatic N) is 2. The van der Waals surface area contributed by atoms with E-state index in [-0.39, 0.29) is 0 Å². The molecule has 0 spiro atoms. The molecule has 1 aromatic carbocycles. The van der Waals surface area contributed by atoms with Crippen molar-refractivity contribution >= 4 is 17.3 Å². The van der Waals surface area contributed by atoms with Gasteiger partial charge in [-0.3, -0.25) is 0 Å². The number of hydrogen-bond donors (Lipinski definition) is 1. The van der Waals surface area contributed by atoms with Crippen molar-refractivity contribution in [3.05, 3.63) is 28.8 Å². The van der Waals surface area contributed by atoms with Crippen LogP contribution in [0.1, 0.15) is 32.8 Å². The van der Waals surface area contributed by atoms with Crippen LogP contribution in [-0.2, 0) is 6.54 Å². The minimum atomic E-state index is 0.470. The Hall–Kier alpha value is -0.770. The Morgan fingerprint density at radius 1 is 1.14 bits per heavy atom. The summed E-state index contributed by atoms with van der Waals surface area (Å²) in [6.07, 6.45) is 1.14. The largest absolute Gasteiger partial charge is 0.370 e. The Morgan fingerprint density at radius 3 is 2.38 bits per heavy atom. The zero-order valence-corrected chi connectivity index (χ0v) is 14.9. The summed E-state index contributed by atoms with van der Waals surface area (Å²) in [5.74, 6) is 0. The topological polar surface area (TPSA) is 18.5 Å². The van der Waals surface area contributed by atoms with E-state index < -0.39 is 0 Å². The summed E-state index contributed by atoms with van der Waals surface area (Å²) < 4.78 is 0. The Labute approximate surface area is 135 Å². The SMILES string of the molecule is CCCN(CCN(C)C)c1ccc(CNC(C)C)c(Cl)c1. The monoisotopic (exact) mass is 311 g/mol. The van der Waals surface area contributed by atoms with Crippen LogP contribution in [0.3, 0.4) is 0 Å². The molecule has 1 aromatic rings. The van der Waals surface area contributed by atoms with Gasteiger partial charge in [-0.1, -0.05) is 38.4 Å². The Kier molecular flexibility index (Phi) is 8.09. The highest BCUT2D eigenvalue weighted by Gasteiger charge is 2.09. The first-order chi connectivity index (χ1) is 9.93. The quantitative estimate of drug-likeness (QED) is 0.751. The molecule has 0 saturated carbocycles. The van der Waals surface area contributed by atoms with Crippen LogP contribution >= 0.6 is 11.6 Å². The summed E-state index contributed by atoms with van der Waals surface area (Å²) in [5, 5.41) is 4.27. The van der Waals surface area contributed by atoms with Crippen LogP contribution < -0.4 is 10.2 Å². The van der Waals surface area contributed by atoms with Gasteiger partial charge in [-0.15, -0.1) is 0 Å². The Morgan fingerprint density at radius 2 is 1.86 bits per heavy atom. The zero-order valence-electron chi connectivity index (χ0n) is 14.1. The molecular formula is C17H30ClN3. The molecule has 120 valence electrons. The third-order valence-electron chi connectivity index (χ3n) is 3.41. The predicted molar refractivity (Wildman–Crippen MR) is 94.5 cm³/mol. The molecule has 3 nitrogen and oxygen atoms in total. The summed E-state index contributed by atoms with van der Waals surface area (Å²) in [6, 6.07) is 6.90. The molecule has 0 radical (unpaired) electrons. The molecule has 0 bridgehead atoms. The number of nitrogens with one attached hydrogen (secondary N) is 1. The lowest BCUT2D eigenvalue weighted by molar-refractivity contribution is 0.413. The second-order valence-corrected chi connectivity index (χ2v) is 6.51. The van der Waals surface area contributed by atoms with E-state index in [1.165, 1.54) is 5.69 Å². The molecule has 0 atom stereocenters. The van der Waals surface area contributed by atoms with E-state index in [9.17, 15) is 0 Å². The minimum Gasteiger partial charge on any atom is -0.370 e. The fourth-order valence-electron chi connectivity index (χ4n) is 2.15. The van der Waals surface area contributed by atoms with Crippen LogP contribution in [0.5, 0.6) is 0 Å². The van der Waals surface area contributed by atoms with Crippen LogP contribution in [0.4, 0.5) is 5.69 Å². The molecule has 0 amide bonds. The second kappa shape index (κ2) is 9.29. The van der Waals surface area contributed by atoms with Gasteiger partial charge in [0.15, 0.2) is 0 Å². The maximum atomic E-state index is 6.44. The molecule has 0 saturated heterocycles. The normalized spacial score (nSPS) is 11.4. The van der Waals surface area contributed by atoms with Gasteiger partial charge in [0, 0.05) is 42.9 Å². The van der Waals surface area contributed by atoms with Gasteiger partial charge in [0.1, 0.15) is 0 Å². The first-order valence-corrected chi connectivity index (χ1v) is 8.23. The van der Waals surface area contributed by atoms with E-state index in [0.29, 0.717) is 6.04 Å². The van der Waals surface area contributed by atoms with E-state index >= 15 is 0 Å². The molecule has 0 aliphatic heterocycles. The Bertz CT molecular complexity index is 418. The van der Waals surface area contributed by atoms with Crippen LogP contribution in [0.25, 0.3) is 0 Å². The van der Waals surface area contributed by atoms with Crippen molar-refractivity contribution in [1.82, 2.24) is 10.2 Å². The van der Waals surface area contributed by atoms with Crippen molar-refractivity contribution in [3.8, 4) is 0 Å². The summed E-state index contributed by atoms with van der Waals surface area (Å²) in [5.41, 5.74) is 2.38. The van der Waals surface area contributed by atoms with Gasteiger partial charge in [0.05, 0.1) is 0 Å². The number of rotatable bonds is 9. The molecule has 1 rings (SSSR count). The number of anilines is 1. The molecule has 4 heteroatoms. The van der Waals surface area contributed by atoms with Crippen molar-refractivity contribution < 1.29 is 0 Å². The highest BCUT2D eigenvalue weighted by Crippen LogP contribution is 2.24. The van der Waals surface area contributed by atoms with E-state index in [2.05, 4.69) is 68.2 Å². The van der Waals surface area contributed by atoms with E-state index in [4.69, 9.17) is 11.6 Å². The van der Waals surface area contributed by atoms with Gasteiger partial charge in [-0.25, -0.2) is 0 Å². The molecular weight excluding hydrogens is 282 g/mol. The molecule has 0 heterocycles. The maximum Gasteiger partial charge on any atom is 0.0471 e. The lowest BCUT2D eigenvalue weighted by Crippen LogP contribution is -2.32. The minimum absolute atomic E-state index is 0.470. The van der Waals surface area contributed by atoms with Crippen LogP contribution in [-0.4, -0.2) is 44.7 Å². The molecule has 1 N–H and O–H groups in total. The van der Waals surface area contributed by atoms with Crippen molar-refractivity contribution in [2.45, 2.75) is 39.8 Å². The number of halogens is 1. The smallest absolute Gasteiger partial charge is 0.0471 e. The summed E-state index contributed by atoms with van der Waals surface area (Å²) >= 11 is 6.44. The molecule has 0 fully saturated rings. The van der Waals surface area contributed by atoms with Crippen molar-refractivity contribution in [2.75, 3.05) is 38.6 Å². The standard InChI is InChI=1S/C17H30ClN3/c1-6-9-21(11-10-20(4)5)16-8-7-15(17(18)12-16)13-19-14(2)3/h7-8,12,14,19H,6,9-11,13H2,1-5H3. The van der Waals surface area contributed by atoms with Gasteiger partial charge in [-0.05, 0) is 38.2 Å². The van der Waals surface area contributed by atoms with Gasteiger partial charge >= 0.3 is 0 Å². The van der Waals surface area contributed by atoms with Gasteiger partial charge < -0.3 is 15.1 Å². The van der Waals surface area contributed by atoms with E-state index in [1.807, 2.05) is 0 Å². The molecule has 0 aliphatic carbocycles. The summed E-state index contributed by atoms with van der Waals surface area (Å²) in [7, 11) is 4.22. The van der Waals surface area contributed by atoms with Crippen molar-refractivity contribution in [2.24, 2.45) is 0 Å². The second-order valence-electron chi connectivity index (χ2n) is 6.10. The molecule has 0 aliphatic rings. The molecule has 21 heavy (non-hydrogen) atoms. The summed E-state index contributed by atoms with van der Waals surface area (Å²) in [6.45, 7) is 10.5. The van der Waals surface area contributed by atoms with Crippen LogP contribution in [0.2, 0.25) is 5.02 Å². The third-order valence-corrected chi connectivity index (χ3v) is 3.77. The van der Waals surface area contributed by atoms with Crippen LogP contribution in [0.15, 0.2) is 18.2 Å². The number of benzene rings is 1. The van der Waals surface area contributed by atoms with Crippen molar-refractivity contribution in [3.63, 3.8) is 0 Å². The van der Waals surface area contributed by atoms with Gasteiger partial charge in [-0.2, -0.15) is 0 Å². The van der Waals surface area contributed by atoms with Crippen molar-refractivity contribution in [1.29, 1.82) is 0 Å². The lowest BCUT2D eigenvalue weighted by Gasteiger charge is -2.26. The number of hydrogen-bond acceptors (Lipinski definition) is 3. The zero-order chi connectivity index (χ0) is 15.8. The summed E-state index contributed by atoms with van der Waals surface area (Å²) in [4.78, 5) is 4.62. The fourth-order valence-corrected chi connectivity index (χ4v) is 2.39. The van der Waals surface area contributed by atoms with Gasteiger partial charge in [0.2, 0.25) is 0 Å². The Balaban J connectivity index is 2.77. The lowest BCUT2D eigenvalue weighted by atomic mass is 10.1. The molecule has 0 aromatic heterocycles. The van der Waals surface area contributed by atoms with Gasteiger partial charge in [0.25, 0.3) is 0 Å². The third kappa shape index (κ3) is 6.68.